The van der Waals surface area contributed by atoms with Gasteiger partial charge in [0.25, 0.3) is 5.91 Å². The van der Waals surface area contributed by atoms with E-state index in [-0.39, 0.29) is 29.9 Å². The second kappa shape index (κ2) is 9.85. The zero-order valence-corrected chi connectivity index (χ0v) is 20.2. The summed E-state index contributed by atoms with van der Waals surface area (Å²) in [6.07, 6.45) is 2.68. The fourth-order valence-electron chi connectivity index (χ4n) is 3.99. The Labute approximate surface area is 195 Å². The van der Waals surface area contributed by atoms with E-state index in [1.807, 2.05) is 11.9 Å². The highest BCUT2D eigenvalue weighted by molar-refractivity contribution is 14.0. The quantitative estimate of drug-likeness (QED) is 0.376. The van der Waals surface area contributed by atoms with Crippen LogP contribution in [0.1, 0.15) is 53.8 Å². The summed E-state index contributed by atoms with van der Waals surface area (Å²) in [5.74, 6) is 2.42. The monoisotopic (exact) mass is 522 g/mol. The van der Waals surface area contributed by atoms with Gasteiger partial charge < -0.3 is 19.5 Å². The van der Waals surface area contributed by atoms with E-state index >= 15 is 0 Å². The number of nitrogens with one attached hydrogen (secondary N) is 1. The zero-order valence-electron chi connectivity index (χ0n) is 17.9. The second-order valence-corrected chi connectivity index (χ2v) is 8.22. The van der Waals surface area contributed by atoms with E-state index in [9.17, 15) is 4.79 Å². The average Bonchev–Trinajstić information content (AvgIpc) is 3.30. The smallest absolute Gasteiger partial charge is 0.289 e. The van der Waals surface area contributed by atoms with Crippen LogP contribution in [0.15, 0.2) is 52.1 Å². The van der Waals surface area contributed by atoms with E-state index in [0.29, 0.717) is 36.7 Å². The molecule has 1 saturated carbocycles. The van der Waals surface area contributed by atoms with Gasteiger partial charge in [0.1, 0.15) is 0 Å². The van der Waals surface area contributed by atoms with E-state index in [4.69, 9.17) is 4.42 Å². The van der Waals surface area contributed by atoms with E-state index in [1.165, 1.54) is 17.4 Å². The Kier molecular flexibility index (Phi) is 7.44. The molecule has 7 heteroatoms. The Bertz CT molecular complexity index is 856. The van der Waals surface area contributed by atoms with E-state index in [0.717, 1.165) is 25.5 Å². The fraction of sp³-hybridized carbons (Fsp3) is 0.478. The second-order valence-electron chi connectivity index (χ2n) is 8.22. The van der Waals surface area contributed by atoms with Gasteiger partial charge in [0.05, 0.1) is 6.26 Å². The van der Waals surface area contributed by atoms with Crippen molar-refractivity contribution in [3.63, 3.8) is 0 Å². The van der Waals surface area contributed by atoms with Gasteiger partial charge in [-0.05, 0) is 35.6 Å². The Balaban J connectivity index is 0.00000256. The van der Waals surface area contributed by atoms with Crippen LogP contribution in [0.5, 0.6) is 0 Å². The third kappa shape index (κ3) is 4.99. The largest absolute Gasteiger partial charge is 0.459 e. The first-order valence-electron chi connectivity index (χ1n) is 10.5. The first-order chi connectivity index (χ1) is 14.1. The van der Waals surface area contributed by atoms with E-state index in [2.05, 4.69) is 53.3 Å². The lowest BCUT2D eigenvalue weighted by Crippen LogP contribution is -2.54. The predicted octanol–water partition coefficient (Wildman–Crippen LogP) is 3.91. The van der Waals surface area contributed by atoms with Gasteiger partial charge in [-0.2, -0.15) is 0 Å². The van der Waals surface area contributed by atoms with Gasteiger partial charge in [-0.1, -0.05) is 38.1 Å². The summed E-state index contributed by atoms with van der Waals surface area (Å²) in [5, 5.41) is 3.62. The standard InChI is InChI=1S/C23H30N4O2.HI/c1-16(2)17-6-8-18(9-7-17)19-15-20(19)25-23(24-3)27-12-10-26(11-13-27)22(28)21-5-4-14-29-21;/h4-9,14,16,19-20H,10-13,15H2,1-3H3,(H,24,25);1H. The molecule has 6 nitrogen and oxygen atoms in total. The number of furan rings is 1. The normalized spacial score (nSPS) is 21.4. The summed E-state index contributed by atoms with van der Waals surface area (Å²) in [6.45, 7) is 7.33. The number of carbonyl (C=O) groups excluding carboxylic acids is 1. The third-order valence-corrected chi connectivity index (χ3v) is 5.95. The number of aliphatic imine (C=N–C) groups is 1. The number of carbonyl (C=O) groups is 1. The van der Waals surface area contributed by atoms with Gasteiger partial charge in [-0.3, -0.25) is 9.79 Å². The number of amides is 1. The molecule has 1 aromatic heterocycles. The van der Waals surface area contributed by atoms with Crippen molar-refractivity contribution in [3.8, 4) is 0 Å². The number of rotatable bonds is 4. The lowest BCUT2D eigenvalue weighted by molar-refractivity contribution is 0.0657. The molecular weight excluding hydrogens is 491 g/mol. The molecular formula is C23H31IN4O2. The van der Waals surface area contributed by atoms with Crippen LogP contribution >= 0.6 is 24.0 Å². The van der Waals surface area contributed by atoms with Crippen LogP contribution < -0.4 is 5.32 Å². The van der Waals surface area contributed by atoms with Crippen molar-refractivity contribution in [1.29, 1.82) is 0 Å². The summed E-state index contributed by atoms with van der Waals surface area (Å²) in [4.78, 5) is 21.0. The molecule has 1 N–H and O–H groups in total. The van der Waals surface area contributed by atoms with Crippen molar-refractivity contribution in [2.45, 2.75) is 38.1 Å². The van der Waals surface area contributed by atoms with Crippen molar-refractivity contribution in [2.24, 2.45) is 4.99 Å². The highest BCUT2D eigenvalue weighted by Crippen LogP contribution is 2.41. The minimum atomic E-state index is -0.0373. The van der Waals surface area contributed by atoms with Crippen molar-refractivity contribution in [3.05, 3.63) is 59.5 Å². The Morgan fingerprint density at radius 3 is 2.33 bits per heavy atom. The zero-order chi connectivity index (χ0) is 20.4. The Hall–Kier alpha value is -2.03. The molecule has 2 aromatic rings. The summed E-state index contributed by atoms with van der Waals surface area (Å²) in [7, 11) is 1.83. The SMILES string of the molecule is CN=C(NC1CC1c1ccc(C(C)C)cc1)N1CCN(C(=O)c2ccco2)CC1.I. The molecule has 2 aliphatic rings. The third-order valence-electron chi connectivity index (χ3n) is 5.95. The molecule has 1 aromatic carbocycles. The van der Waals surface area contributed by atoms with Crippen molar-refractivity contribution < 1.29 is 9.21 Å². The molecule has 1 aliphatic carbocycles. The van der Waals surface area contributed by atoms with Crippen LogP contribution in [0.2, 0.25) is 0 Å². The van der Waals surface area contributed by atoms with E-state index < -0.39 is 0 Å². The molecule has 4 rings (SSSR count). The number of guanidine groups is 1. The van der Waals surface area contributed by atoms with Crippen LogP contribution in [0.25, 0.3) is 0 Å². The molecule has 2 fully saturated rings. The van der Waals surface area contributed by atoms with Crippen LogP contribution in [-0.4, -0.2) is 60.9 Å². The van der Waals surface area contributed by atoms with E-state index in [1.54, 1.807) is 12.1 Å². The molecule has 2 atom stereocenters. The van der Waals surface area contributed by atoms with Gasteiger partial charge in [0.15, 0.2) is 11.7 Å². The molecule has 2 unspecified atom stereocenters. The lowest BCUT2D eigenvalue weighted by Gasteiger charge is -2.36. The van der Waals surface area contributed by atoms with Gasteiger partial charge in [0.2, 0.25) is 0 Å². The Morgan fingerprint density at radius 2 is 1.77 bits per heavy atom. The summed E-state index contributed by atoms with van der Waals surface area (Å²) >= 11 is 0. The number of halogens is 1. The van der Waals surface area contributed by atoms with Crippen LogP contribution in [0, 0.1) is 0 Å². The van der Waals surface area contributed by atoms with Gasteiger partial charge in [-0.15, -0.1) is 24.0 Å². The average molecular weight is 522 g/mol. The van der Waals surface area contributed by atoms with Crippen LogP contribution in [0.4, 0.5) is 0 Å². The summed E-state index contributed by atoms with van der Waals surface area (Å²) in [5.41, 5.74) is 2.79. The molecule has 162 valence electrons. The summed E-state index contributed by atoms with van der Waals surface area (Å²) < 4.78 is 5.24. The molecule has 0 bridgehead atoms. The topological polar surface area (TPSA) is 61.1 Å². The summed E-state index contributed by atoms with van der Waals surface area (Å²) in [6, 6.07) is 12.9. The van der Waals surface area contributed by atoms with Crippen LogP contribution in [-0.2, 0) is 0 Å². The molecule has 2 heterocycles. The molecule has 1 aliphatic heterocycles. The van der Waals surface area contributed by atoms with Crippen molar-refractivity contribution in [1.82, 2.24) is 15.1 Å². The number of benzene rings is 1. The minimum absolute atomic E-state index is 0. The maximum atomic E-state index is 12.4. The van der Waals surface area contributed by atoms with Gasteiger partial charge in [-0.25, -0.2) is 0 Å². The highest BCUT2D eigenvalue weighted by Gasteiger charge is 2.40. The lowest BCUT2D eigenvalue weighted by atomic mass is 10.0. The predicted molar refractivity (Wildman–Crippen MR) is 130 cm³/mol. The number of nitrogens with zero attached hydrogens (tertiary/aromatic N) is 3. The number of hydrogen-bond acceptors (Lipinski definition) is 3. The first kappa shape index (κ1) is 22.7. The fourth-order valence-corrected chi connectivity index (χ4v) is 3.99. The molecule has 30 heavy (non-hydrogen) atoms. The number of piperazine rings is 1. The minimum Gasteiger partial charge on any atom is -0.459 e. The molecule has 1 amide bonds. The van der Waals surface area contributed by atoms with Gasteiger partial charge >= 0.3 is 0 Å². The van der Waals surface area contributed by atoms with Crippen LogP contribution in [0.3, 0.4) is 0 Å². The molecule has 0 spiro atoms. The highest BCUT2D eigenvalue weighted by atomic mass is 127. The van der Waals surface area contributed by atoms with Crippen molar-refractivity contribution in [2.75, 3.05) is 33.2 Å². The van der Waals surface area contributed by atoms with Crippen molar-refractivity contribution >= 4 is 35.8 Å². The Morgan fingerprint density at radius 1 is 1.10 bits per heavy atom. The first-order valence-corrected chi connectivity index (χ1v) is 10.5. The molecule has 1 saturated heterocycles. The van der Waals surface area contributed by atoms with Gasteiger partial charge in [0, 0.05) is 45.2 Å². The maximum absolute atomic E-state index is 12.4. The molecule has 0 radical (unpaired) electrons. The number of hydrogen-bond donors (Lipinski definition) is 1. The maximum Gasteiger partial charge on any atom is 0.289 e.